The Bertz CT molecular complexity index is 234. The Hall–Kier alpha value is -0.610. The maximum absolute atomic E-state index is 11.6. The van der Waals surface area contributed by atoms with Crippen LogP contribution in [0.4, 0.5) is 0 Å². The van der Waals surface area contributed by atoms with Crippen molar-refractivity contribution in [2.24, 2.45) is 11.7 Å². The van der Waals surface area contributed by atoms with Crippen molar-refractivity contribution in [3.63, 3.8) is 0 Å². The maximum Gasteiger partial charge on any atom is 0.323 e. The first-order chi connectivity index (χ1) is 6.79. The van der Waals surface area contributed by atoms with Crippen LogP contribution in [0.25, 0.3) is 0 Å². The van der Waals surface area contributed by atoms with Gasteiger partial charge < -0.3 is 15.6 Å². The van der Waals surface area contributed by atoms with Gasteiger partial charge in [-0.15, -0.1) is 0 Å². The predicted octanol–water partition coefficient (Wildman–Crippen LogP) is 0.816. The summed E-state index contributed by atoms with van der Waals surface area (Å²) in [5.74, 6) is -0.295. The lowest BCUT2D eigenvalue weighted by Gasteiger charge is -2.24. The minimum absolute atomic E-state index is 0.0647. The van der Waals surface area contributed by atoms with Crippen LogP contribution in [0.5, 0.6) is 0 Å². The molecule has 3 N–H and O–H groups in total. The van der Waals surface area contributed by atoms with E-state index in [1.165, 1.54) is 0 Å². The summed E-state index contributed by atoms with van der Waals surface area (Å²) in [6.45, 7) is 5.46. The minimum Gasteiger partial charge on any atom is -0.459 e. The Kier molecular flexibility index (Phi) is 3.73. The molecule has 1 fully saturated rings. The lowest BCUT2D eigenvalue weighted by Crippen LogP contribution is -2.42. The van der Waals surface area contributed by atoms with E-state index in [1.54, 1.807) is 0 Å². The number of ether oxygens (including phenoxy) is 1. The molecule has 3 atom stereocenters. The van der Waals surface area contributed by atoms with Gasteiger partial charge in [0, 0.05) is 0 Å². The highest BCUT2D eigenvalue weighted by molar-refractivity contribution is 5.76. The second-order valence-electron chi connectivity index (χ2n) is 5.29. The van der Waals surface area contributed by atoms with E-state index in [2.05, 4.69) is 0 Å². The van der Waals surface area contributed by atoms with Gasteiger partial charge in [0.1, 0.15) is 11.6 Å². The molecule has 1 rings (SSSR count). The van der Waals surface area contributed by atoms with E-state index in [0.29, 0.717) is 6.42 Å². The van der Waals surface area contributed by atoms with Gasteiger partial charge in [0.25, 0.3) is 0 Å². The molecule has 1 aliphatic rings. The number of rotatable bonds is 2. The topological polar surface area (TPSA) is 72.5 Å². The molecule has 15 heavy (non-hydrogen) atoms. The third-order valence-electron chi connectivity index (χ3n) is 2.63. The summed E-state index contributed by atoms with van der Waals surface area (Å²) in [5, 5.41) is 9.36. The number of aliphatic hydroxyl groups is 1. The molecule has 0 aromatic rings. The second-order valence-corrected chi connectivity index (χ2v) is 5.29. The largest absolute Gasteiger partial charge is 0.459 e. The van der Waals surface area contributed by atoms with Gasteiger partial charge in [-0.1, -0.05) is 0 Å². The van der Waals surface area contributed by atoms with Gasteiger partial charge in [-0.2, -0.15) is 0 Å². The molecule has 4 heteroatoms. The maximum atomic E-state index is 11.6. The number of hydrogen-bond acceptors (Lipinski definition) is 4. The van der Waals surface area contributed by atoms with E-state index in [1.807, 2.05) is 20.8 Å². The molecule has 1 saturated carbocycles. The number of nitrogens with two attached hydrogens (primary N) is 1. The standard InChI is InChI=1S/C11H21NO3/c1-11(2,3)15-10(14)9(12)7-4-5-8(13)6-7/h7-9,13H,4-6,12H2,1-3H3. The minimum atomic E-state index is -0.596. The Morgan fingerprint density at radius 1 is 1.47 bits per heavy atom. The fourth-order valence-corrected chi connectivity index (χ4v) is 1.88. The molecule has 0 saturated heterocycles. The zero-order valence-electron chi connectivity index (χ0n) is 9.69. The van der Waals surface area contributed by atoms with Crippen molar-refractivity contribution in [1.82, 2.24) is 0 Å². The second kappa shape index (κ2) is 4.49. The molecule has 0 aromatic heterocycles. The number of carbonyl (C=O) groups excluding carboxylic acids is 1. The van der Waals surface area contributed by atoms with Crippen molar-refractivity contribution >= 4 is 5.97 Å². The highest BCUT2D eigenvalue weighted by Gasteiger charge is 2.34. The monoisotopic (exact) mass is 215 g/mol. The zero-order valence-corrected chi connectivity index (χ0v) is 9.69. The first-order valence-electron chi connectivity index (χ1n) is 5.46. The normalized spacial score (nSPS) is 28.9. The molecule has 0 amide bonds. The Morgan fingerprint density at radius 2 is 2.07 bits per heavy atom. The lowest BCUT2D eigenvalue weighted by molar-refractivity contribution is -0.157. The molecule has 3 unspecified atom stereocenters. The molecule has 0 aromatic carbocycles. The molecule has 0 spiro atoms. The van der Waals surface area contributed by atoms with Gasteiger partial charge >= 0.3 is 5.97 Å². The molecular weight excluding hydrogens is 194 g/mol. The molecule has 4 nitrogen and oxygen atoms in total. The number of hydrogen-bond donors (Lipinski definition) is 2. The first kappa shape index (κ1) is 12.5. The summed E-state index contributed by atoms with van der Waals surface area (Å²) >= 11 is 0. The van der Waals surface area contributed by atoms with Crippen molar-refractivity contribution in [2.75, 3.05) is 0 Å². The number of aliphatic hydroxyl groups excluding tert-OH is 1. The molecule has 88 valence electrons. The van der Waals surface area contributed by atoms with E-state index < -0.39 is 11.6 Å². The zero-order chi connectivity index (χ0) is 11.6. The average Bonchev–Trinajstić information content (AvgIpc) is 2.47. The van der Waals surface area contributed by atoms with Gasteiger partial charge in [-0.05, 0) is 46.0 Å². The molecule has 0 bridgehead atoms. The van der Waals surface area contributed by atoms with Crippen LogP contribution in [0, 0.1) is 5.92 Å². The van der Waals surface area contributed by atoms with Gasteiger partial charge in [0.05, 0.1) is 6.10 Å². The summed E-state index contributed by atoms with van der Waals surface area (Å²) < 4.78 is 5.20. The van der Waals surface area contributed by atoms with Crippen LogP contribution in [0.2, 0.25) is 0 Å². The van der Waals surface area contributed by atoms with Gasteiger partial charge in [-0.3, -0.25) is 4.79 Å². The Labute approximate surface area is 90.8 Å². The van der Waals surface area contributed by atoms with Crippen molar-refractivity contribution in [2.45, 2.75) is 57.8 Å². The summed E-state index contributed by atoms with van der Waals surface area (Å²) in [5.41, 5.74) is 5.31. The van der Waals surface area contributed by atoms with Crippen LogP contribution >= 0.6 is 0 Å². The van der Waals surface area contributed by atoms with Crippen LogP contribution in [0.15, 0.2) is 0 Å². The SMILES string of the molecule is CC(C)(C)OC(=O)C(N)C1CCC(O)C1. The van der Waals surface area contributed by atoms with Gasteiger partial charge in [0.2, 0.25) is 0 Å². The number of esters is 1. The lowest BCUT2D eigenvalue weighted by atomic mass is 9.99. The summed E-state index contributed by atoms with van der Waals surface area (Å²) in [7, 11) is 0. The fourth-order valence-electron chi connectivity index (χ4n) is 1.88. The highest BCUT2D eigenvalue weighted by Crippen LogP contribution is 2.28. The first-order valence-corrected chi connectivity index (χ1v) is 5.46. The van der Waals surface area contributed by atoms with E-state index in [0.717, 1.165) is 12.8 Å². The van der Waals surface area contributed by atoms with Crippen molar-refractivity contribution < 1.29 is 14.6 Å². The van der Waals surface area contributed by atoms with Crippen LogP contribution in [0.1, 0.15) is 40.0 Å². The molecular formula is C11H21NO3. The quantitative estimate of drug-likeness (QED) is 0.669. The molecule has 0 heterocycles. The highest BCUT2D eigenvalue weighted by atomic mass is 16.6. The third kappa shape index (κ3) is 3.80. The summed E-state index contributed by atoms with van der Waals surface area (Å²) in [6.07, 6.45) is 1.85. The molecule has 0 aliphatic heterocycles. The van der Waals surface area contributed by atoms with E-state index in [9.17, 15) is 9.90 Å². The van der Waals surface area contributed by atoms with Crippen molar-refractivity contribution in [1.29, 1.82) is 0 Å². The van der Waals surface area contributed by atoms with Crippen LogP contribution in [0.3, 0.4) is 0 Å². The van der Waals surface area contributed by atoms with Crippen LogP contribution in [-0.4, -0.2) is 28.8 Å². The van der Waals surface area contributed by atoms with Gasteiger partial charge in [-0.25, -0.2) is 0 Å². The van der Waals surface area contributed by atoms with E-state index in [4.69, 9.17) is 10.5 Å². The Balaban J connectivity index is 2.46. The number of carbonyl (C=O) groups is 1. The predicted molar refractivity (Wildman–Crippen MR) is 57.2 cm³/mol. The Morgan fingerprint density at radius 3 is 2.47 bits per heavy atom. The smallest absolute Gasteiger partial charge is 0.323 e. The third-order valence-corrected chi connectivity index (χ3v) is 2.63. The molecule has 0 radical (unpaired) electrons. The van der Waals surface area contributed by atoms with Crippen LogP contribution in [-0.2, 0) is 9.53 Å². The summed E-state index contributed by atoms with van der Waals surface area (Å²) in [4.78, 5) is 11.6. The average molecular weight is 215 g/mol. The summed E-state index contributed by atoms with van der Waals surface area (Å²) in [6, 6.07) is -0.596. The molecule has 1 aliphatic carbocycles. The van der Waals surface area contributed by atoms with E-state index in [-0.39, 0.29) is 18.0 Å². The van der Waals surface area contributed by atoms with E-state index >= 15 is 0 Å². The van der Waals surface area contributed by atoms with Gasteiger partial charge in [0.15, 0.2) is 0 Å². The van der Waals surface area contributed by atoms with Crippen LogP contribution < -0.4 is 5.73 Å². The fraction of sp³-hybridized carbons (Fsp3) is 0.909. The van der Waals surface area contributed by atoms with Crippen molar-refractivity contribution in [3.05, 3.63) is 0 Å². The van der Waals surface area contributed by atoms with Crippen molar-refractivity contribution in [3.8, 4) is 0 Å².